The predicted molar refractivity (Wildman–Crippen MR) is 57.4 cm³/mol. The molecule has 0 radical (unpaired) electrons. The molecule has 15 heavy (non-hydrogen) atoms. The molecule has 4 nitrogen and oxygen atoms in total. The zero-order chi connectivity index (χ0) is 12.1. The SMILES string of the molecule is CCCC(C)(C)OC(=O)OOC(C)(C)C. The molecule has 0 unspecified atom stereocenters. The van der Waals surface area contributed by atoms with Crippen molar-refractivity contribution in [1.82, 2.24) is 0 Å². The van der Waals surface area contributed by atoms with Gasteiger partial charge in [0, 0.05) is 0 Å². The van der Waals surface area contributed by atoms with Crippen molar-refractivity contribution in [3.05, 3.63) is 0 Å². The van der Waals surface area contributed by atoms with E-state index in [1.807, 2.05) is 20.8 Å². The first-order valence-electron chi connectivity index (χ1n) is 5.25. The monoisotopic (exact) mass is 218 g/mol. The van der Waals surface area contributed by atoms with Gasteiger partial charge in [-0.2, -0.15) is 4.89 Å². The summed E-state index contributed by atoms with van der Waals surface area (Å²) in [6.07, 6.45) is 0.946. The third-order valence-corrected chi connectivity index (χ3v) is 1.57. The maximum absolute atomic E-state index is 11.2. The summed E-state index contributed by atoms with van der Waals surface area (Å²) < 4.78 is 5.09. The molecule has 0 aliphatic carbocycles. The van der Waals surface area contributed by atoms with E-state index in [0.717, 1.165) is 12.8 Å². The standard InChI is InChI=1S/C11H22O4/c1-7-8-11(5,6)13-9(12)14-15-10(2,3)4/h7-8H2,1-6H3. The lowest BCUT2D eigenvalue weighted by atomic mass is 10.0. The van der Waals surface area contributed by atoms with E-state index in [-0.39, 0.29) is 0 Å². The van der Waals surface area contributed by atoms with E-state index in [4.69, 9.17) is 9.62 Å². The number of ether oxygens (including phenoxy) is 1. The van der Waals surface area contributed by atoms with Crippen LogP contribution in [-0.2, 0) is 14.5 Å². The van der Waals surface area contributed by atoms with Crippen molar-refractivity contribution in [1.29, 1.82) is 0 Å². The van der Waals surface area contributed by atoms with Crippen LogP contribution in [0.5, 0.6) is 0 Å². The lowest BCUT2D eigenvalue weighted by Gasteiger charge is -2.24. The Bertz CT molecular complexity index is 203. The summed E-state index contributed by atoms with van der Waals surface area (Å²) in [6.45, 7) is 11.1. The Morgan fingerprint density at radius 2 is 1.67 bits per heavy atom. The van der Waals surface area contributed by atoms with Crippen molar-refractivity contribution in [2.45, 2.75) is 65.6 Å². The molecule has 0 heterocycles. The van der Waals surface area contributed by atoms with Crippen molar-refractivity contribution < 1.29 is 19.3 Å². The Morgan fingerprint density at radius 3 is 2.07 bits per heavy atom. The summed E-state index contributed by atoms with van der Waals surface area (Å²) in [5.74, 6) is 0. The Kier molecular flexibility index (Phi) is 5.08. The average Bonchev–Trinajstić information content (AvgIpc) is 1.98. The van der Waals surface area contributed by atoms with Gasteiger partial charge in [-0.15, -0.1) is 0 Å². The fraction of sp³-hybridized carbons (Fsp3) is 0.909. The van der Waals surface area contributed by atoms with Crippen molar-refractivity contribution in [3.8, 4) is 0 Å². The second-order valence-electron chi connectivity index (χ2n) is 5.14. The third-order valence-electron chi connectivity index (χ3n) is 1.57. The van der Waals surface area contributed by atoms with E-state index >= 15 is 0 Å². The molecule has 0 aromatic rings. The van der Waals surface area contributed by atoms with Gasteiger partial charge in [-0.3, -0.25) is 4.89 Å². The molecule has 0 saturated carbocycles. The topological polar surface area (TPSA) is 44.8 Å². The first-order chi connectivity index (χ1) is 6.66. The van der Waals surface area contributed by atoms with E-state index < -0.39 is 17.4 Å². The summed E-state index contributed by atoms with van der Waals surface area (Å²) in [4.78, 5) is 20.6. The van der Waals surface area contributed by atoms with Crippen LogP contribution in [0.15, 0.2) is 0 Å². The van der Waals surface area contributed by atoms with Crippen LogP contribution in [-0.4, -0.2) is 17.4 Å². The van der Waals surface area contributed by atoms with Gasteiger partial charge in [0.15, 0.2) is 0 Å². The molecule has 0 bridgehead atoms. The lowest BCUT2D eigenvalue weighted by Crippen LogP contribution is -2.30. The van der Waals surface area contributed by atoms with Crippen molar-refractivity contribution in [2.24, 2.45) is 0 Å². The minimum absolute atomic E-state index is 0.507. The normalized spacial score (nSPS) is 12.4. The van der Waals surface area contributed by atoms with Gasteiger partial charge in [-0.05, 0) is 41.0 Å². The van der Waals surface area contributed by atoms with Crippen molar-refractivity contribution in [3.63, 3.8) is 0 Å². The largest absolute Gasteiger partial charge is 0.541 e. The second kappa shape index (κ2) is 5.35. The molecule has 90 valence electrons. The van der Waals surface area contributed by atoms with Gasteiger partial charge < -0.3 is 4.74 Å². The number of hydrogen-bond acceptors (Lipinski definition) is 4. The molecule has 0 saturated heterocycles. The first kappa shape index (κ1) is 14.2. The smallest absolute Gasteiger partial charge is 0.426 e. The minimum atomic E-state index is -0.789. The van der Waals surface area contributed by atoms with Gasteiger partial charge in [-0.25, -0.2) is 4.79 Å². The van der Waals surface area contributed by atoms with Crippen molar-refractivity contribution in [2.75, 3.05) is 0 Å². The highest BCUT2D eigenvalue weighted by atomic mass is 17.2. The molecule has 0 rings (SSSR count). The van der Waals surface area contributed by atoms with Crippen LogP contribution >= 0.6 is 0 Å². The first-order valence-corrected chi connectivity index (χ1v) is 5.25. The van der Waals surface area contributed by atoms with Gasteiger partial charge in [0.2, 0.25) is 0 Å². The minimum Gasteiger partial charge on any atom is -0.426 e. The number of carbonyl (C=O) groups is 1. The molecule has 0 aliphatic heterocycles. The number of carbonyl (C=O) groups excluding carboxylic acids is 1. The lowest BCUT2D eigenvalue weighted by molar-refractivity contribution is -0.316. The van der Waals surface area contributed by atoms with Crippen LogP contribution in [0.3, 0.4) is 0 Å². The van der Waals surface area contributed by atoms with E-state index in [0.29, 0.717) is 0 Å². The predicted octanol–water partition coefficient (Wildman–Crippen LogP) is 3.45. The summed E-state index contributed by atoms with van der Waals surface area (Å²) in [5.41, 5.74) is -1.03. The van der Waals surface area contributed by atoms with Gasteiger partial charge in [0.25, 0.3) is 0 Å². The molecule has 4 heteroatoms. The second-order valence-corrected chi connectivity index (χ2v) is 5.14. The van der Waals surface area contributed by atoms with Crippen LogP contribution in [0.25, 0.3) is 0 Å². The highest BCUT2D eigenvalue weighted by Crippen LogP contribution is 2.18. The fourth-order valence-corrected chi connectivity index (χ4v) is 1.05. The van der Waals surface area contributed by atoms with Gasteiger partial charge in [0.1, 0.15) is 11.2 Å². The van der Waals surface area contributed by atoms with Gasteiger partial charge in [0.05, 0.1) is 0 Å². The fourth-order valence-electron chi connectivity index (χ4n) is 1.05. The Morgan fingerprint density at radius 1 is 1.13 bits per heavy atom. The molecule has 0 aliphatic rings. The zero-order valence-electron chi connectivity index (χ0n) is 10.5. The molecule has 0 aromatic heterocycles. The summed E-state index contributed by atoms with van der Waals surface area (Å²) in [6, 6.07) is 0. The molecule has 0 aromatic carbocycles. The van der Waals surface area contributed by atoms with Gasteiger partial charge in [-0.1, -0.05) is 13.3 Å². The summed E-state index contributed by atoms with van der Waals surface area (Å²) >= 11 is 0. The zero-order valence-corrected chi connectivity index (χ0v) is 10.5. The molecular formula is C11H22O4. The molecule has 0 amide bonds. The Balaban J connectivity index is 3.93. The Labute approximate surface area is 91.8 Å². The van der Waals surface area contributed by atoms with Crippen molar-refractivity contribution >= 4 is 6.16 Å². The summed E-state index contributed by atoms with van der Waals surface area (Å²) in [7, 11) is 0. The molecule has 0 N–H and O–H groups in total. The maximum atomic E-state index is 11.2. The molecule has 0 spiro atoms. The van der Waals surface area contributed by atoms with E-state index in [1.54, 1.807) is 20.8 Å². The van der Waals surface area contributed by atoms with Crippen LogP contribution in [0.4, 0.5) is 4.79 Å². The van der Waals surface area contributed by atoms with Crippen LogP contribution < -0.4 is 0 Å². The number of rotatable bonds is 4. The highest BCUT2D eigenvalue weighted by Gasteiger charge is 2.24. The van der Waals surface area contributed by atoms with E-state index in [1.165, 1.54) is 0 Å². The van der Waals surface area contributed by atoms with Crippen LogP contribution in [0.1, 0.15) is 54.4 Å². The Hall–Kier alpha value is -0.770. The van der Waals surface area contributed by atoms with Crippen LogP contribution in [0, 0.1) is 0 Å². The van der Waals surface area contributed by atoms with E-state index in [9.17, 15) is 4.79 Å². The van der Waals surface area contributed by atoms with E-state index in [2.05, 4.69) is 4.89 Å². The number of hydrogen-bond donors (Lipinski definition) is 0. The quantitative estimate of drug-likeness (QED) is 0.412. The molecule has 0 fully saturated rings. The highest BCUT2D eigenvalue weighted by molar-refractivity contribution is 5.59. The van der Waals surface area contributed by atoms with Gasteiger partial charge >= 0.3 is 6.16 Å². The van der Waals surface area contributed by atoms with Crippen LogP contribution in [0.2, 0.25) is 0 Å². The average molecular weight is 218 g/mol. The summed E-state index contributed by atoms with van der Waals surface area (Å²) in [5, 5.41) is 0. The maximum Gasteiger partial charge on any atom is 0.541 e. The molecular weight excluding hydrogens is 196 g/mol. The third kappa shape index (κ3) is 8.24. The molecule has 0 atom stereocenters.